The summed E-state index contributed by atoms with van der Waals surface area (Å²) in [7, 11) is 1.57. The van der Waals surface area contributed by atoms with Crippen LogP contribution in [0.1, 0.15) is 25.3 Å². The Kier molecular flexibility index (Phi) is 8.91. The average Bonchev–Trinajstić information content (AvgIpc) is 3.16. The highest BCUT2D eigenvalue weighted by Crippen LogP contribution is 2.29. The molecule has 0 spiro atoms. The molecule has 0 aromatic heterocycles. The van der Waals surface area contributed by atoms with Crippen LogP contribution < -0.4 is 19.7 Å². The zero-order valence-electron chi connectivity index (χ0n) is 21.4. The summed E-state index contributed by atoms with van der Waals surface area (Å²) in [5.41, 5.74) is 2.10. The SMILES string of the molecule is CCCOc1ccc(NC(=O)C[C@H]2C(=O)N(c3ccc(OC)cc3)C(=S)N2CCc2ccc(F)cc2)cc1. The second kappa shape index (κ2) is 12.5. The van der Waals surface area contributed by atoms with E-state index in [0.29, 0.717) is 41.8 Å². The second-order valence-electron chi connectivity index (χ2n) is 8.87. The molecule has 0 unspecified atom stereocenters. The number of halogens is 1. The molecule has 4 rings (SSSR count). The highest BCUT2D eigenvalue weighted by atomic mass is 32.1. The first-order valence-corrected chi connectivity index (χ1v) is 12.9. The molecule has 1 atom stereocenters. The van der Waals surface area contributed by atoms with Crippen LogP contribution in [0.25, 0.3) is 0 Å². The van der Waals surface area contributed by atoms with E-state index >= 15 is 0 Å². The number of hydrogen-bond donors (Lipinski definition) is 1. The second-order valence-corrected chi connectivity index (χ2v) is 9.23. The summed E-state index contributed by atoms with van der Waals surface area (Å²) < 4.78 is 24.2. The Labute approximate surface area is 227 Å². The Morgan fingerprint density at radius 2 is 1.66 bits per heavy atom. The standard InChI is InChI=1S/C29H30FN3O4S/c1-3-18-37-25-12-8-22(9-13-25)31-27(34)19-26-28(35)33(23-10-14-24(36-2)15-11-23)29(38)32(26)17-16-20-4-6-21(30)7-5-20/h4-15,26H,3,16-19H2,1-2H3,(H,31,34)/t26-/m0/s1. The molecule has 0 aliphatic carbocycles. The molecule has 7 nitrogen and oxygen atoms in total. The predicted octanol–water partition coefficient (Wildman–Crippen LogP) is 5.20. The third-order valence-corrected chi connectivity index (χ3v) is 6.61. The van der Waals surface area contributed by atoms with Gasteiger partial charge in [0, 0.05) is 12.2 Å². The molecule has 3 aromatic rings. The topological polar surface area (TPSA) is 71.1 Å². The van der Waals surface area contributed by atoms with Gasteiger partial charge in [-0.3, -0.25) is 14.5 Å². The molecule has 0 saturated carbocycles. The number of carbonyl (C=O) groups is 2. The predicted molar refractivity (Wildman–Crippen MR) is 149 cm³/mol. The Bertz CT molecular complexity index is 1270. The molecular weight excluding hydrogens is 505 g/mol. The van der Waals surface area contributed by atoms with Crippen molar-refractivity contribution in [2.24, 2.45) is 0 Å². The van der Waals surface area contributed by atoms with Gasteiger partial charge in [-0.15, -0.1) is 0 Å². The lowest BCUT2D eigenvalue weighted by Crippen LogP contribution is -2.39. The van der Waals surface area contributed by atoms with Crippen LogP contribution in [0.2, 0.25) is 0 Å². The average molecular weight is 536 g/mol. The number of ether oxygens (including phenoxy) is 2. The van der Waals surface area contributed by atoms with E-state index in [1.165, 1.54) is 17.0 Å². The summed E-state index contributed by atoms with van der Waals surface area (Å²) in [6, 6.07) is 19.5. The lowest BCUT2D eigenvalue weighted by atomic mass is 10.1. The number of rotatable bonds is 11. The molecule has 1 aliphatic rings. The van der Waals surface area contributed by atoms with E-state index in [1.54, 1.807) is 72.7 Å². The molecule has 38 heavy (non-hydrogen) atoms. The van der Waals surface area contributed by atoms with E-state index in [2.05, 4.69) is 5.32 Å². The number of hydrogen-bond acceptors (Lipinski definition) is 5. The van der Waals surface area contributed by atoms with Crippen molar-refractivity contribution in [1.29, 1.82) is 0 Å². The minimum atomic E-state index is -0.780. The van der Waals surface area contributed by atoms with Gasteiger partial charge in [0.15, 0.2) is 5.11 Å². The molecule has 1 N–H and O–H groups in total. The molecule has 198 valence electrons. The molecular formula is C29H30FN3O4S. The van der Waals surface area contributed by atoms with Crippen LogP contribution in [-0.2, 0) is 16.0 Å². The molecule has 1 aliphatic heterocycles. The molecule has 1 saturated heterocycles. The smallest absolute Gasteiger partial charge is 0.256 e. The zero-order valence-corrected chi connectivity index (χ0v) is 22.2. The third-order valence-electron chi connectivity index (χ3n) is 6.19. The number of thiocarbonyl (C=S) groups is 1. The molecule has 0 radical (unpaired) electrons. The van der Waals surface area contributed by atoms with E-state index in [0.717, 1.165) is 17.7 Å². The van der Waals surface area contributed by atoms with Crippen LogP contribution in [0, 0.1) is 5.82 Å². The molecule has 0 bridgehead atoms. The van der Waals surface area contributed by atoms with Gasteiger partial charge in [0.05, 0.1) is 25.8 Å². The molecule has 9 heteroatoms. The van der Waals surface area contributed by atoms with Crippen molar-refractivity contribution in [2.75, 3.05) is 30.5 Å². The van der Waals surface area contributed by atoms with Gasteiger partial charge < -0.3 is 19.7 Å². The third kappa shape index (κ3) is 6.47. The Balaban J connectivity index is 1.50. The number of nitrogens with one attached hydrogen (secondary N) is 1. The number of nitrogens with zero attached hydrogens (tertiary/aromatic N) is 2. The first-order valence-electron chi connectivity index (χ1n) is 12.5. The number of amides is 2. The minimum absolute atomic E-state index is 0.0802. The summed E-state index contributed by atoms with van der Waals surface area (Å²) in [6.45, 7) is 3.04. The minimum Gasteiger partial charge on any atom is -0.497 e. The summed E-state index contributed by atoms with van der Waals surface area (Å²) in [4.78, 5) is 29.8. The van der Waals surface area contributed by atoms with Crippen LogP contribution in [0.15, 0.2) is 72.8 Å². The van der Waals surface area contributed by atoms with Crippen LogP contribution >= 0.6 is 12.2 Å². The van der Waals surface area contributed by atoms with Crippen molar-refractivity contribution in [3.05, 3.63) is 84.2 Å². The van der Waals surface area contributed by atoms with Gasteiger partial charge >= 0.3 is 0 Å². The quantitative estimate of drug-likeness (QED) is 0.341. The maximum Gasteiger partial charge on any atom is 0.256 e. The van der Waals surface area contributed by atoms with Crippen molar-refractivity contribution in [1.82, 2.24) is 4.90 Å². The zero-order chi connectivity index (χ0) is 27.1. The Morgan fingerprint density at radius 1 is 1.00 bits per heavy atom. The van der Waals surface area contributed by atoms with E-state index in [1.807, 2.05) is 6.92 Å². The summed E-state index contributed by atoms with van der Waals surface area (Å²) in [6.07, 6.45) is 1.35. The number of carbonyl (C=O) groups excluding carboxylic acids is 2. The molecule has 3 aromatic carbocycles. The first-order chi connectivity index (χ1) is 18.4. The van der Waals surface area contributed by atoms with Crippen molar-refractivity contribution < 1.29 is 23.5 Å². The molecule has 1 heterocycles. The molecule has 1 fully saturated rings. The fourth-order valence-electron chi connectivity index (χ4n) is 4.20. The maximum absolute atomic E-state index is 13.6. The highest BCUT2D eigenvalue weighted by Gasteiger charge is 2.43. The van der Waals surface area contributed by atoms with Gasteiger partial charge in [-0.25, -0.2) is 4.39 Å². The lowest BCUT2D eigenvalue weighted by molar-refractivity contribution is -0.124. The van der Waals surface area contributed by atoms with E-state index in [9.17, 15) is 14.0 Å². The molecule has 2 amide bonds. The van der Waals surface area contributed by atoms with Crippen molar-refractivity contribution in [2.45, 2.75) is 32.2 Å². The summed E-state index contributed by atoms with van der Waals surface area (Å²) >= 11 is 5.72. The summed E-state index contributed by atoms with van der Waals surface area (Å²) in [5, 5.41) is 3.18. The van der Waals surface area contributed by atoms with Gasteiger partial charge in [-0.05, 0) is 91.3 Å². The fourth-order valence-corrected chi connectivity index (χ4v) is 4.61. The normalized spacial score (nSPS) is 15.1. The van der Waals surface area contributed by atoms with Crippen molar-refractivity contribution >= 4 is 40.5 Å². The van der Waals surface area contributed by atoms with Crippen LogP contribution in [0.3, 0.4) is 0 Å². The van der Waals surface area contributed by atoms with Gasteiger partial charge in [-0.1, -0.05) is 19.1 Å². The van der Waals surface area contributed by atoms with Crippen LogP contribution in [0.5, 0.6) is 11.5 Å². The monoisotopic (exact) mass is 535 g/mol. The Hall–Kier alpha value is -3.98. The number of benzene rings is 3. The largest absolute Gasteiger partial charge is 0.497 e. The Morgan fingerprint density at radius 3 is 2.29 bits per heavy atom. The van der Waals surface area contributed by atoms with Gasteiger partial charge in [-0.2, -0.15) is 0 Å². The maximum atomic E-state index is 13.6. The van der Waals surface area contributed by atoms with E-state index in [-0.39, 0.29) is 24.1 Å². The lowest BCUT2D eigenvalue weighted by Gasteiger charge is -2.24. The summed E-state index contributed by atoms with van der Waals surface area (Å²) in [5.74, 6) is 0.477. The van der Waals surface area contributed by atoms with Crippen LogP contribution in [-0.4, -0.2) is 48.1 Å². The first kappa shape index (κ1) is 27.1. The van der Waals surface area contributed by atoms with Crippen LogP contribution in [0.4, 0.5) is 15.8 Å². The number of anilines is 2. The van der Waals surface area contributed by atoms with E-state index < -0.39 is 6.04 Å². The van der Waals surface area contributed by atoms with Gasteiger partial charge in [0.2, 0.25) is 5.91 Å². The van der Waals surface area contributed by atoms with E-state index in [4.69, 9.17) is 21.7 Å². The van der Waals surface area contributed by atoms with Crippen molar-refractivity contribution in [3.63, 3.8) is 0 Å². The van der Waals surface area contributed by atoms with Crippen molar-refractivity contribution in [3.8, 4) is 11.5 Å². The van der Waals surface area contributed by atoms with Gasteiger partial charge in [0.25, 0.3) is 5.91 Å². The fraction of sp³-hybridized carbons (Fsp3) is 0.276. The highest BCUT2D eigenvalue weighted by molar-refractivity contribution is 7.80. The van der Waals surface area contributed by atoms with Gasteiger partial charge in [0.1, 0.15) is 23.4 Å². The number of methoxy groups -OCH3 is 1.